The van der Waals surface area contributed by atoms with Gasteiger partial charge in [0.05, 0.1) is 31.4 Å². The minimum Gasteiger partial charge on any atom is -0.382 e. The van der Waals surface area contributed by atoms with Crippen molar-refractivity contribution < 1.29 is 28.2 Å². The Morgan fingerprint density at radius 3 is 2.68 bits per heavy atom. The Kier molecular flexibility index (Phi) is 10.7. The van der Waals surface area contributed by atoms with E-state index in [-0.39, 0.29) is 30.9 Å². The van der Waals surface area contributed by atoms with Crippen molar-refractivity contribution >= 4 is 34.8 Å². The van der Waals surface area contributed by atoms with Crippen molar-refractivity contribution in [3.05, 3.63) is 50.7 Å². The SMILES string of the molecule is COCCOCCOCC(=O)N1CCC(c2nc(C(=O)NCc3ccc(Cl)cc3F)cs2)CC1. The van der Waals surface area contributed by atoms with Crippen molar-refractivity contribution in [2.45, 2.75) is 25.3 Å². The molecular formula is C23H29ClFN3O5S. The minimum atomic E-state index is -0.464. The molecule has 0 radical (unpaired) electrons. The van der Waals surface area contributed by atoms with E-state index in [2.05, 4.69) is 10.3 Å². The van der Waals surface area contributed by atoms with Gasteiger partial charge in [-0.15, -0.1) is 11.3 Å². The van der Waals surface area contributed by atoms with E-state index in [0.717, 1.165) is 17.8 Å². The van der Waals surface area contributed by atoms with E-state index >= 15 is 0 Å². The van der Waals surface area contributed by atoms with Crippen LogP contribution in [0.4, 0.5) is 4.39 Å². The molecule has 1 aromatic carbocycles. The molecule has 0 aliphatic carbocycles. The number of carbonyl (C=O) groups excluding carboxylic acids is 2. The van der Waals surface area contributed by atoms with Gasteiger partial charge in [0, 0.05) is 48.6 Å². The number of piperidine rings is 1. The van der Waals surface area contributed by atoms with Crippen molar-refractivity contribution in [2.24, 2.45) is 0 Å². The fourth-order valence-electron chi connectivity index (χ4n) is 3.50. The monoisotopic (exact) mass is 513 g/mol. The first-order valence-electron chi connectivity index (χ1n) is 11.1. The van der Waals surface area contributed by atoms with Crippen LogP contribution in [-0.2, 0) is 25.5 Å². The predicted octanol–water partition coefficient (Wildman–Crippen LogP) is 3.25. The van der Waals surface area contributed by atoms with Gasteiger partial charge in [-0.25, -0.2) is 9.37 Å². The Bertz CT molecular complexity index is 952. The highest BCUT2D eigenvalue weighted by Crippen LogP contribution is 2.30. The molecule has 2 amide bonds. The van der Waals surface area contributed by atoms with Crippen LogP contribution >= 0.6 is 22.9 Å². The first kappa shape index (κ1) is 26.5. The summed E-state index contributed by atoms with van der Waals surface area (Å²) in [6.45, 7) is 3.14. The second-order valence-corrected chi connectivity index (χ2v) is 9.13. The van der Waals surface area contributed by atoms with Gasteiger partial charge in [0.25, 0.3) is 5.91 Å². The number of benzene rings is 1. The third-order valence-electron chi connectivity index (χ3n) is 5.44. The van der Waals surface area contributed by atoms with Crippen LogP contribution in [0.2, 0.25) is 5.02 Å². The lowest BCUT2D eigenvalue weighted by molar-refractivity contribution is -0.137. The number of halogens is 2. The maximum Gasteiger partial charge on any atom is 0.271 e. The molecule has 2 heterocycles. The van der Waals surface area contributed by atoms with Gasteiger partial charge in [-0.3, -0.25) is 9.59 Å². The van der Waals surface area contributed by atoms with Crippen molar-refractivity contribution in [1.82, 2.24) is 15.2 Å². The summed E-state index contributed by atoms with van der Waals surface area (Å²) in [5.74, 6) is -0.662. The van der Waals surface area contributed by atoms with Crippen molar-refractivity contribution in [3.63, 3.8) is 0 Å². The molecule has 8 nitrogen and oxygen atoms in total. The Labute approximate surface area is 207 Å². The summed E-state index contributed by atoms with van der Waals surface area (Å²) in [5, 5.41) is 5.58. The second-order valence-electron chi connectivity index (χ2n) is 7.80. The zero-order valence-corrected chi connectivity index (χ0v) is 20.6. The zero-order valence-electron chi connectivity index (χ0n) is 19.1. The average Bonchev–Trinajstić information content (AvgIpc) is 3.33. The molecule has 0 spiro atoms. The van der Waals surface area contributed by atoms with E-state index in [4.69, 9.17) is 25.8 Å². The number of ether oxygens (including phenoxy) is 3. The fourth-order valence-corrected chi connectivity index (χ4v) is 4.63. The number of hydrogen-bond acceptors (Lipinski definition) is 7. The highest BCUT2D eigenvalue weighted by molar-refractivity contribution is 7.09. The number of rotatable bonds is 12. The van der Waals surface area contributed by atoms with Gasteiger partial charge in [-0.05, 0) is 25.0 Å². The molecule has 1 aliphatic heterocycles. The quantitative estimate of drug-likeness (QED) is 0.438. The summed E-state index contributed by atoms with van der Waals surface area (Å²) in [6.07, 6.45) is 1.55. The number of nitrogens with one attached hydrogen (secondary N) is 1. The van der Waals surface area contributed by atoms with Crippen LogP contribution in [0.25, 0.3) is 0 Å². The molecule has 11 heteroatoms. The highest BCUT2D eigenvalue weighted by Gasteiger charge is 2.26. The van der Waals surface area contributed by atoms with E-state index in [9.17, 15) is 14.0 Å². The normalized spacial score (nSPS) is 14.4. The van der Waals surface area contributed by atoms with Gasteiger partial charge >= 0.3 is 0 Å². The molecule has 1 fully saturated rings. The fraction of sp³-hybridized carbons (Fsp3) is 0.522. The van der Waals surface area contributed by atoms with Gasteiger partial charge in [0.15, 0.2) is 0 Å². The van der Waals surface area contributed by atoms with Crippen LogP contribution < -0.4 is 5.32 Å². The third-order valence-corrected chi connectivity index (χ3v) is 6.68. The number of hydrogen-bond donors (Lipinski definition) is 1. The molecule has 1 aromatic heterocycles. The van der Waals surface area contributed by atoms with Crippen LogP contribution in [-0.4, -0.2) is 74.9 Å². The number of nitrogens with zero attached hydrogens (tertiary/aromatic N) is 2. The van der Waals surface area contributed by atoms with E-state index in [1.807, 2.05) is 0 Å². The van der Waals surface area contributed by atoms with Gasteiger partial charge < -0.3 is 24.4 Å². The number of carbonyl (C=O) groups is 2. The van der Waals surface area contributed by atoms with Crippen molar-refractivity contribution in [1.29, 1.82) is 0 Å². The van der Waals surface area contributed by atoms with E-state index in [0.29, 0.717) is 55.8 Å². The number of thiazole rings is 1. The number of aromatic nitrogens is 1. The lowest BCUT2D eigenvalue weighted by Crippen LogP contribution is -2.40. The molecule has 3 rings (SSSR count). The van der Waals surface area contributed by atoms with E-state index in [1.54, 1.807) is 29.5 Å². The molecule has 0 saturated carbocycles. The summed E-state index contributed by atoms with van der Waals surface area (Å²) in [5.41, 5.74) is 0.668. The highest BCUT2D eigenvalue weighted by atomic mass is 35.5. The van der Waals surface area contributed by atoms with Gasteiger partial charge in [0.2, 0.25) is 5.91 Å². The lowest BCUT2D eigenvalue weighted by Gasteiger charge is -2.31. The first-order chi connectivity index (χ1) is 16.5. The Morgan fingerprint density at radius 1 is 1.21 bits per heavy atom. The lowest BCUT2D eigenvalue weighted by atomic mass is 9.97. The Morgan fingerprint density at radius 2 is 1.94 bits per heavy atom. The molecule has 2 aromatic rings. The number of likely N-dealkylation sites (tertiary alicyclic amines) is 1. The van der Waals surface area contributed by atoms with Crippen LogP contribution in [0.3, 0.4) is 0 Å². The molecule has 1 N–H and O–H groups in total. The molecule has 1 saturated heterocycles. The van der Waals surface area contributed by atoms with Crippen molar-refractivity contribution in [3.8, 4) is 0 Å². The Hall–Kier alpha value is -2.11. The van der Waals surface area contributed by atoms with E-state index < -0.39 is 5.82 Å². The Balaban J connectivity index is 1.38. The second kappa shape index (κ2) is 13.7. The molecule has 0 unspecified atom stereocenters. The molecule has 0 atom stereocenters. The largest absolute Gasteiger partial charge is 0.382 e. The summed E-state index contributed by atoms with van der Waals surface area (Å²) in [7, 11) is 1.61. The first-order valence-corrected chi connectivity index (χ1v) is 12.3. The summed E-state index contributed by atoms with van der Waals surface area (Å²) < 4.78 is 29.5. The molecule has 34 heavy (non-hydrogen) atoms. The zero-order chi connectivity index (χ0) is 24.3. The molecule has 186 valence electrons. The summed E-state index contributed by atoms with van der Waals surface area (Å²) in [6, 6.07) is 4.34. The number of amides is 2. The van der Waals surface area contributed by atoms with Crippen LogP contribution in [0.5, 0.6) is 0 Å². The standard InChI is InChI=1S/C23H29ClFN3O5S/c1-31-8-9-32-10-11-33-14-21(29)28-6-4-16(5-7-28)23-27-20(15-34-23)22(30)26-13-17-2-3-18(24)12-19(17)25/h2-3,12,15-16H,4-11,13-14H2,1H3,(H,26,30). The van der Waals surface area contributed by atoms with Crippen LogP contribution in [0.1, 0.15) is 39.8 Å². The van der Waals surface area contributed by atoms with Gasteiger partial charge in [0.1, 0.15) is 18.1 Å². The van der Waals surface area contributed by atoms with Gasteiger partial charge in [-0.2, -0.15) is 0 Å². The van der Waals surface area contributed by atoms with E-state index in [1.165, 1.54) is 17.4 Å². The average molecular weight is 514 g/mol. The summed E-state index contributed by atoms with van der Waals surface area (Å²) in [4.78, 5) is 31.1. The van der Waals surface area contributed by atoms with Crippen LogP contribution in [0, 0.1) is 5.82 Å². The molecule has 1 aliphatic rings. The number of methoxy groups -OCH3 is 1. The summed E-state index contributed by atoms with van der Waals surface area (Å²) >= 11 is 7.19. The third kappa shape index (κ3) is 7.99. The molecular weight excluding hydrogens is 485 g/mol. The maximum atomic E-state index is 13.9. The maximum absolute atomic E-state index is 13.9. The topological polar surface area (TPSA) is 90.0 Å². The smallest absolute Gasteiger partial charge is 0.271 e. The molecule has 0 bridgehead atoms. The predicted molar refractivity (Wildman–Crippen MR) is 127 cm³/mol. The minimum absolute atomic E-state index is 0.0358. The van der Waals surface area contributed by atoms with Crippen LogP contribution in [0.15, 0.2) is 23.6 Å². The van der Waals surface area contributed by atoms with Gasteiger partial charge in [-0.1, -0.05) is 17.7 Å². The van der Waals surface area contributed by atoms with Crippen molar-refractivity contribution in [2.75, 3.05) is 53.2 Å².